The van der Waals surface area contributed by atoms with E-state index >= 15 is 0 Å². The van der Waals surface area contributed by atoms with Gasteiger partial charge in [-0.15, -0.1) is 0 Å². The Bertz CT molecular complexity index is 890. The largest absolute Gasteiger partial charge is 0.295 e. The molecule has 5 heteroatoms. The topological polar surface area (TPSA) is 58.8 Å². The van der Waals surface area contributed by atoms with Crippen LogP contribution in [0.3, 0.4) is 0 Å². The van der Waals surface area contributed by atoms with Gasteiger partial charge in [0.05, 0.1) is 5.69 Å². The number of pyridine rings is 1. The summed E-state index contributed by atoms with van der Waals surface area (Å²) in [6.45, 7) is 3.94. The second kappa shape index (κ2) is 6.18. The fourth-order valence-electron chi connectivity index (χ4n) is 6.67. The number of hydrazone groups is 1. The monoisotopic (exact) mass is 364 g/mol. The van der Waals surface area contributed by atoms with Gasteiger partial charge < -0.3 is 0 Å². The van der Waals surface area contributed by atoms with Gasteiger partial charge in [0.25, 0.3) is 5.91 Å². The van der Waals surface area contributed by atoms with Crippen molar-refractivity contribution in [2.24, 2.45) is 28.3 Å². The molecule has 2 aromatic rings. The molecule has 0 aromatic carbocycles. The molecule has 4 saturated carbocycles. The average molecular weight is 364 g/mol. The maximum atomic E-state index is 12.7. The third-order valence-corrected chi connectivity index (χ3v) is 7.06. The Hall–Kier alpha value is -2.17. The lowest BCUT2D eigenvalue weighted by Crippen LogP contribution is -2.46. The molecular formula is C22H28N4O. The summed E-state index contributed by atoms with van der Waals surface area (Å²) in [7, 11) is 0. The molecule has 142 valence electrons. The number of nitrogens with zero attached hydrogens (tertiary/aromatic N) is 3. The Morgan fingerprint density at radius 1 is 1.22 bits per heavy atom. The average Bonchev–Trinajstić information content (AvgIpc) is 2.94. The normalized spacial score (nSPS) is 32.2. The van der Waals surface area contributed by atoms with Crippen LogP contribution in [-0.2, 0) is 0 Å². The van der Waals surface area contributed by atoms with E-state index in [0.717, 1.165) is 41.2 Å². The van der Waals surface area contributed by atoms with Gasteiger partial charge in [-0.3, -0.25) is 9.20 Å². The highest BCUT2D eigenvalue weighted by atomic mass is 16.2. The maximum Gasteiger partial charge on any atom is 0.290 e. The predicted octanol–water partition coefficient (Wildman–Crippen LogP) is 4.35. The standard InChI is InChI=1S/C22H28N4O/c1-14(10-22-11-16-7-17(12-22)9-18(8-16)13-22)24-25-21(27)20-15(2)23-19-5-3-4-6-26(19)20/h3-6,16-18H,7-13H2,1-2H3,(H,25,27)/b24-14-. The number of carbonyl (C=O) groups is 1. The molecule has 1 amide bonds. The predicted molar refractivity (Wildman–Crippen MR) is 106 cm³/mol. The quantitative estimate of drug-likeness (QED) is 0.647. The molecular weight excluding hydrogens is 336 g/mol. The third kappa shape index (κ3) is 2.97. The van der Waals surface area contributed by atoms with E-state index in [-0.39, 0.29) is 5.91 Å². The molecule has 4 aliphatic carbocycles. The number of hydrogen-bond donors (Lipinski definition) is 1. The van der Waals surface area contributed by atoms with E-state index in [1.807, 2.05) is 35.7 Å². The number of imidazole rings is 1. The number of nitrogens with one attached hydrogen (secondary N) is 1. The molecule has 6 rings (SSSR count). The highest BCUT2D eigenvalue weighted by Crippen LogP contribution is 2.61. The van der Waals surface area contributed by atoms with Gasteiger partial charge in [-0.1, -0.05) is 6.07 Å². The number of fused-ring (bicyclic) bond motifs is 1. The summed E-state index contributed by atoms with van der Waals surface area (Å²) in [6, 6.07) is 5.75. The Balaban J connectivity index is 1.31. The minimum absolute atomic E-state index is 0.184. The second-order valence-corrected chi connectivity index (χ2v) is 9.36. The SMILES string of the molecule is C/C(CC12CC3CC(CC(C3)C1)C2)=N/NC(=O)c1c(C)nc2ccccn12. The number of carbonyl (C=O) groups excluding carboxylic acids is 1. The van der Waals surface area contributed by atoms with Crippen LogP contribution in [0, 0.1) is 30.1 Å². The smallest absolute Gasteiger partial charge is 0.290 e. The van der Waals surface area contributed by atoms with Crippen LogP contribution in [-0.4, -0.2) is 21.0 Å². The summed E-state index contributed by atoms with van der Waals surface area (Å²) < 4.78 is 1.83. The van der Waals surface area contributed by atoms with Crippen molar-refractivity contribution in [2.45, 2.75) is 58.8 Å². The van der Waals surface area contributed by atoms with Crippen molar-refractivity contribution < 1.29 is 4.79 Å². The third-order valence-electron chi connectivity index (χ3n) is 7.06. The molecule has 0 radical (unpaired) electrons. The molecule has 0 unspecified atom stereocenters. The maximum absolute atomic E-state index is 12.7. The van der Waals surface area contributed by atoms with Crippen LogP contribution in [0.15, 0.2) is 29.5 Å². The van der Waals surface area contributed by atoms with Crippen LogP contribution in [0.5, 0.6) is 0 Å². The second-order valence-electron chi connectivity index (χ2n) is 9.36. The van der Waals surface area contributed by atoms with E-state index in [0.29, 0.717) is 11.1 Å². The first-order valence-corrected chi connectivity index (χ1v) is 10.3. The van der Waals surface area contributed by atoms with Gasteiger partial charge in [-0.25, -0.2) is 10.4 Å². The van der Waals surface area contributed by atoms with Gasteiger partial charge >= 0.3 is 0 Å². The first kappa shape index (κ1) is 17.0. The van der Waals surface area contributed by atoms with Gasteiger partial charge in [0.1, 0.15) is 11.3 Å². The number of hydrogen-bond acceptors (Lipinski definition) is 3. The zero-order chi connectivity index (χ0) is 18.6. The lowest BCUT2D eigenvalue weighted by atomic mass is 9.48. The lowest BCUT2D eigenvalue weighted by Gasteiger charge is -2.57. The Morgan fingerprint density at radius 3 is 2.56 bits per heavy atom. The van der Waals surface area contributed by atoms with Crippen LogP contribution in [0.25, 0.3) is 5.65 Å². The summed E-state index contributed by atoms with van der Waals surface area (Å²) in [4.78, 5) is 17.2. The van der Waals surface area contributed by atoms with E-state index in [2.05, 4.69) is 22.4 Å². The number of amides is 1. The fourth-order valence-corrected chi connectivity index (χ4v) is 6.67. The lowest BCUT2D eigenvalue weighted by molar-refractivity contribution is -0.0482. The first-order chi connectivity index (χ1) is 13.0. The minimum atomic E-state index is -0.184. The molecule has 0 atom stereocenters. The van der Waals surface area contributed by atoms with Crippen molar-refractivity contribution in [1.82, 2.24) is 14.8 Å². The molecule has 2 heterocycles. The molecule has 0 saturated heterocycles. The van der Waals surface area contributed by atoms with Gasteiger partial charge in [-0.2, -0.15) is 5.10 Å². The van der Waals surface area contributed by atoms with Gasteiger partial charge in [0, 0.05) is 11.9 Å². The van der Waals surface area contributed by atoms with Crippen molar-refractivity contribution in [3.8, 4) is 0 Å². The molecule has 0 spiro atoms. The highest BCUT2D eigenvalue weighted by molar-refractivity contribution is 5.95. The summed E-state index contributed by atoms with van der Waals surface area (Å²) in [5.74, 6) is 2.65. The molecule has 1 N–H and O–H groups in total. The van der Waals surface area contributed by atoms with E-state index in [1.165, 1.54) is 38.5 Å². The summed E-state index contributed by atoms with van der Waals surface area (Å²) in [5, 5.41) is 4.48. The molecule has 4 aliphatic rings. The molecule has 2 aromatic heterocycles. The Morgan fingerprint density at radius 2 is 1.89 bits per heavy atom. The van der Waals surface area contributed by atoms with Gasteiger partial charge in [0.15, 0.2) is 0 Å². The number of aromatic nitrogens is 2. The van der Waals surface area contributed by atoms with Crippen molar-refractivity contribution in [1.29, 1.82) is 0 Å². The minimum Gasteiger partial charge on any atom is -0.295 e. The molecule has 0 aliphatic heterocycles. The Labute approximate surface area is 160 Å². The highest BCUT2D eigenvalue weighted by Gasteiger charge is 2.50. The molecule has 27 heavy (non-hydrogen) atoms. The fraction of sp³-hybridized carbons (Fsp3) is 0.591. The van der Waals surface area contributed by atoms with E-state index < -0.39 is 0 Å². The van der Waals surface area contributed by atoms with E-state index in [1.54, 1.807) is 0 Å². The van der Waals surface area contributed by atoms with Crippen LogP contribution < -0.4 is 5.43 Å². The van der Waals surface area contributed by atoms with Crippen LogP contribution in [0.4, 0.5) is 0 Å². The van der Waals surface area contributed by atoms with Crippen LogP contribution >= 0.6 is 0 Å². The number of rotatable bonds is 4. The zero-order valence-electron chi connectivity index (χ0n) is 16.2. The van der Waals surface area contributed by atoms with Crippen molar-refractivity contribution >= 4 is 17.3 Å². The van der Waals surface area contributed by atoms with E-state index in [4.69, 9.17) is 0 Å². The van der Waals surface area contributed by atoms with Crippen molar-refractivity contribution in [3.05, 3.63) is 35.8 Å². The molecule has 5 nitrogen and oxygen atoms in total. The summed E-state index contributed by atoms with van der Waals surface area (Å²) in [5.41, 5.74) is 6.37. The van der Waals surface area contributed by atoms with Gasteiger partial charge in [0.2, 0.25) is 0 Å². The van der Waals surface area contributed by atoms with Crippen LogP contribution in [0.1, 0.15) is 68.1 Å². The zero-order valence-corrected chi connectivity index (χ0v) is 16.2. The van der Waals surface area contributed by atoms with Crippen LogP contribution in [0.2, 0.25) is 0 Å². The Kier molecular flexibility index (Phi) is 3.88. The first-order valence-electron chi connectivity index (χ1n) is 10.3. The molecule has 4 fully saturated rings. The van der Waals surface area contributed by atoms with Crippen molar-refractivity contribution in [3.63, 3.8) is 0 Å². The van der Waals surface area contributed by atoms with Gasteiger partial charge in [-0.05, 0) is 94.1 Å². The summed E-state index contributed by atoms with van der Waals surface area (Å²) in [6.07, 6.45) is 11.4. The molecule has 4 bridgehead atoms. The summed E-state index contributed by atoms with van der Waals surface area (Å²) >= 11 is 0. The van der Waals surface area contributed by atoms with Crippen molar-refractivity contribution in [2.75, 3.05) is 0 Å². The number of aryl methyl sites for hydroxylation is 1. The van der Waals surface area contributed by atoms with E-state index in [9.17, 15) is 4.79 Å².